The van der Waals surface area contributed by atoms with Crippen LogP contribution < -0.4 is 10.1 Å². The Morgan fingerprint density at radius 1 is 0.966 bits per heavy atom. The first kappa shape index (κ1) is 21.0. The molecule has 6 nitrogen and oxygen atoms in total. The summed E-state index contributed by atoms with van der Waals surface area (Å²) in [5, 5.41) is 2.87. The van der Waals surface area contributed by atoms with Crippen molar-refractivity contribution in [3.63, 3.8) is 0 Å². The van der Waals surface area contributed by atoms with Gasteiger partial charge in [0.25, 0.3) is 0 Å². The highest BCUT2D eigenvalue weighted by Crippen LogP contribution is 2.13. The molecule has 2 aromatic carbocycles. The number of hydrogen-bond acceptors (Lipinski definition) is 5. The molecule has 1 heterocycles. The van der Waals surface area contributed by atoms with Gasteiger partial charge in [-0.25, -0.2) is 0 Å². The Bertz CT molecular complexity index is 785. The van der Waals surface area contributed by atoms with Crippen LogP contribution >= 0.6 is 0 Å². The fourth-order valence-corrected chi connectivity index (χ4v) is 3.20. The highest BCUT2D eigenvalue weighted by Gasteiger charge is 2.17. The number of hydrogen-bond donors (Lipinski definition) is 1. The number of nitrogens with one attached hydrogen (secondary N) is 1. The molecule has 1 aliphatic heterocycles. The number of anilines is 1. The summed E-state index contributed by atoms with van der Waals surface area (Å²) in [6.07, 6.45) is 1.03. The van der Waals surface area contributed by atoms with Crippen LogP contribution in [0.2, 0.25) is 0 Å². The average molecular weight is 396 g/mol. The van der Waals surface area contributed by atoms with Gasteiger partial charge < -0.3 is 15.0 Å². The first-order valence-corrected chi connectivity index (χ1v) is 10.1. The summed E-state index contributed by atoms with van der Waals surface area (Å²) >= 11 is 0. The molecule has 0 atom stereocenters. The molecule has 1 amide bonds. The molecule has 2 aromatic rings. The summed E-state index contributed by atoms with van der Waals surface area (Å²) in [5.41, 5.74) is 1.38. The quantitative estimate of drug-likeness (QED) is 0.523. The van der Waals surface area contributed by atoms with Crippen molar-refractivity contribution in [3.05, 3.63) is 60.2 Å². The monoisotopic (exact) mass is 395 g/mol. The van der Waals surface area contributed by atoms with E-state index in [1.54, 1.807) is 24.3 Å². The van der Waals surface area contributed by atoms with E-state index in [1.165, 1.54) is 0 Å². The second-order valence-electron chi connectivity index (χ2n) is 7.39. The van der Waals surface area contributed by atoms with Crippen molar-refractivity contribution in [3.8, 4) is 5.75 Å². The largest absolute Gasteiger partial charge is 0.494 e. The van der Waals surface area contributed by atoms with E-state index < -0.39 is 0 Å². The minimum absolute atomic E-state index is 0.0572. The molecule has 0 aromatic heterocycles. The van der Waals surface area contributed by atoms with E-state index in [2.05, 4.69) is 22.2 Å². The van der Waals surface area contributed by atoms with Gasteiger partial charge in [0, 0.05) is 43.9 Å². The van der Waals surface area contributed by atoms with Crippen molar-refractivity contribution in [2.24, 2.45) is 0 Å². The zero-order valence-corrected chi connectivity index (χ0v) is 17.0. The average Bonchev–Trinajstić information content (AvgIpc) is 2.74. The van der Waals surface area contributed by atoms with E-state index in [0.29, 0.717) is 37.2 Å². The number of Topliss-reactive ketones (excluding diaryl/α,β-unsaturated/α-hetero) is 1. The lowest BCUT2D eigenvalue weighted by atomic mass is 10.1. The van der Waals surface area contributed by atoms with Crippen LogP contribution in [-0.2, 0) is 4.79 Å². The lowest BCUT2D eigenvalue weighted by Crippen LogP contribution is -2.46. The third-order valence-corrected chi connectivity index (χ3v) is 5.01. The van der Waals surface area contributed by atoms with Crippen LogP contribution in [0.15, 0.2) is 54.6 Å². The standard InChI is InChI=1S/C23H29N3O3/c1-25-13-15-26(16-14-25)18-22(27)19-9-11-20(12-10-19)24-23(28)8-5-17-29-21-6-3-2-4-7-21/h2-4,6-7,9-12H,5,8,13-18H2,1H3,(H,24,28). The van der Waals surface area contributed by atoms with Crippen molar-refractivity contribution in [1.29, 1.82) is 0 Å². The van der Waals surface area contributed by atoms with Gasteiger partial charge in [0.1, 0.15) is 5.75 Å². The van der Waals surface area contributed by atoms with Gasteiger partial charge in [-0.05, 0) is 49.9 Å². The van der Waals surface area contributed by atoms with Gasteiger partial charge >= 0.3 is 0 Å². The Balaban J connectivity index is 1.38. The van der Waals surface area contributed by atoms with Crippen LogP contribution in [0.5, 0.6) is 5.75 Å². The molecular weight excluding hydrogens is 366 g/mol. The maximum atomic E-state index is 12.5. The van der Waals surface area contributed by atoms with Crippen molar-refractivity contribution in [1.82, 2.24) is 9.80 Å². The normalized spacial score (nSPS) is 15.1. The van der Waals surface area contributed by atoms with Crippen molar-refractivity contribution in [2.45, 2.75) is 12.8 Å². The number of carbonyl (C=O) groups excluding carboxylic acids is 2. The SMILES string of the molecule is CN1CCN(CC(=O)c2ccc(NC(=O)CCCOc3ccccc3)cc2)CC1. The summed E-state index contributed by atoms with van der Waals surface area (Å²) in [4.78, 5) is 29.0. The zero-order chi connectivity index (χ0) is 20.5. The Kier molecular flexibility index (Phi) is 7.78. The number of para-hydroxylation sites is 1. The van der Waals surface area contributed by atoms with E-state index >= 15 is 0 Å². The van der Waals surface area contributed by atoms with Crippen LogP contribution in [0, 0.1) is 0 Å². The van der Waals surface area contributed by atoms with E-state index in [0.717, 1.165) is 31.9 Å². The maximum Gasteiger partial charge on any atom is 0.224 e. The smallest absolute Gasteiger partial charge is 0.224 e. The summed E-state index contributed by atoms with van der Waals surface area (Å²) in [6, 6.07) is 16.7. The molecule has 0 radical (unpaired) electrons. The first-order chi connectivity index (χ1) is 14.1. The predicted molar refractivity (Wildman–Crippen MR) is 115 cm³/mol. The van der Waals surface area contributed by atoms with Crippen LogP contribution in [0.25, 0.3) is 0 Å². The molecule has 0 bridgehead atoms. The minimum Gasteiger partial charge on any atom is -0.494 e. The molecule has 0 saturated carbocycles. The maximum absolute atomic E-state index is 12.5. The molecule has 1 fully saturated rings. The molecule has 3 rings (SSSR count). The molecule has 1 aliphatic rings. The Labute approximate surface area is 172 Å². The fourth-order valence-electron chi connectivity index (χ4n) is 3.20. The number of ketones is 1. The van der Waals surface area contributed by atoms with Gasteiger partial charge in [0.05, 0.1) is 13.2 Å². The van der Waals surface area contributed by atoms with E-state index in [9.17, 15) is 9.59 Å². The van der Waals surface area contributed by atoms with Gasteiger partial charge in [-0.2, -0.15) is 0 Å². The van der Waals surface area contributed by atoms with Crippen LogP contribution in [0.1, 0.15) is 23.2 Å². The number of piperazine rings is 1. The number of amides is 1. The van der Waals surface area contributed by atoms with E-state index in [4.69, 9.17) is 4.74 Å². The Morgan fingerprint density at radius 3 is 2.34 bits per heavy atom. The molecule has 0 aliphatic carbocycles. The molecule has 0 spiro atoms. The van der Waals surface area contributed by atoms with Gasteiger partial charge in [0.2, 0.25) is 5.91 Å². The van der Waals surface area contributed by atoms with E-state index in [1.807, 2.05) is 30.3 Å². The van der Waals surface area contributed by atoms with Crippen LogP contribution in [0.4, 0.5) is 5.69 Å². The number of benzene rings is 2. The number of nitrogens with zero attached hydrogens (tertiary/aromatic N) is 2. The predicted octanol–water partition coefficient (Wildman–Crippen LogP) is 2.91. The van der Waals surface area contributed by atoms with Crippen LogP contribution in [-0.4, -0.2) is 67.9 Å². The highest BCUT2D eigenvalue weighted by molar-refractivity contribution is 5.98. The summed E-state index contributed by atoms with van der Waals surface area (Å²) in [7, 11) is 2.10. The number of likely N-dealkylation sites (N-methyl/N-ethyl adjacent to an activating group) is 1. The second-order valence-corrected chi connectivity index (χ2v) is 7.39. The third kappa shape index (κ3) is 7.00. The number of rotatable bonds is 9. The van der Waals surface area contributed by atoms with Crippen LogP contribution in [0.3, 0.4) is 0 Å². The topological polar surface area (TPSA) is 61.9 Å². The Morgan fingerprint density at radius 2 is 1.66 bits per heavy atom. The number of carbonyl (C=O) groups is 2. The van der Waals surface area contributed by atoms with Gasteiger partial charge in [-0.3, -0.25) is 14.5 Å². The van der Waals surface area contributed by atoms with Gasteiger partial charge in [0.15, 0.2) is 5.78 Å². The van der Waals surface area contributed by atoms with Crippen molar-refractivity contribution in [2.75, 3.05) is 51.7 Å². The van der Waals surface area contributed by atoms with E-state index in [-0.39, 0.29) is 11.7 Å². The summed E-state index contributed by atoms with van der Waals surface area (Å²) in [5.74, 6) is 0.869. The lowest BCUT2D eigenvalue weighted by molar-refractivity contribution is -0.116. The van der Waals surface area contributed by atoms with Gasteiger partial charge in [-0.15, -0.1) is 0 Å². The van der Waals surface area contributed by atoms with Crippen molar-refractivity contribution >= 4 is 17.4 Å². The summed E-state index contributed by atoms with van der Waals surface area (Å²) in [6.45, 7) is 4.77. The zero-order valence-electron chi connectivity index (χ0n) is 17.0. The van der Waals surface area contributed by atoms with Crippen molar-refractivity contribution < 1.29 is 14.3 Å². The molecule has 1 saturated heterocycles. The highest BCUT2D eigenvalue weighted by atomic mass is 16.5. The first-order valence-electron chi connectivity index (χ1n) is 10.1. The fraction of sp³-hybridized carbons (Fsp3) is 0.391. The minimum atomic E-state index is -0.0572. The molecule has 6 heteroatoms. The second kappa shape index (κ2) is 10.7. The molecular formula is C23H29N3O3. The molecule has 29 heavy (non-hydrogen) atoms. The Hall–Kier alpha value is -2.70. The third-order valence-electron chi connectivity index (χ3n) is 5.01. The summed E-state index contributed by atoms with van der Waals surface area (Å²) < 4.78 is 5.59. The number of ether oxygens (including phenoxy) is 1. The molecule has 154 valence electrons. The molecule has 0 unspecified atom stereocenters. The molecule has 1 N–H and O–H groups in total. The van der Waals surface area contributed by atoms with Gasteiger partial charge in [-0.1, -0.05) is 18.2 Å². The lowest BCUT2D eigenvalue weighted by Gasteiger charge is -2.31.